The SMILES string of the molecule is O=C(O)C1(C2(Nc3c[nH]nn3)C=CC=N2)CCC1. The molecule has 0 spiro atoms. The van der Waals surface area contributed by atoms with E-state index in [1.165, 1.54) is 0 Å². The third-order valence-corrected chi connectivity index (χ3v) is 3.78. The molecule has 3 rings (SSSR count). The summed E-state index contributed by atoms with van der Waals surface area (Å²) in [7, 11) is 0. The molecular weight excluding hydrogens is 234 g/mol. The number of hydrogen-bond acceptors (Lipinski definition) is 5. The molecule has 0 bridgehead atoms. The highest BCUT2D eigenvalue weighted by Gasteiger charge is 2.60. The Morgan fingerprint density at radius 3 is 2.78 bits per heavy atom. The summed E-state index contributed by atoms with van der Waals surface area (Å²) >= 11 is 0. The Bertz CT molecular complexity index is 504. The number of aliphatic imine (C=N–C) groups is 1. The number of nitrogens with zero attached hydrogens (tertiary/aromatic N) is 3. The summed E-state index contributed by atoms with van der Waals surface area (Å²) in [6.45, 7) is 0. The van der Waals surface area contributed by atoms with E-state index in [2.05, 4.69) is 25.7 Å². The van der Waals surface area contributed by atoms with Crippen molar-refractivity contribution in [1.29, 1.82) is 0 Å². The fourth-order valence-corrected chi connectivity index (χ4v) is 2.61. The van der Waals surface area contributed by atoms with Gasteiger partial charge in [-0.2, -0.15) is 0 Å². The summed E-state index contributed by atoms with van der Waals surface area (Å²) < 4.78 is 0. The molecule has 1 aliphatic heterocycles. The molecule has 0 aromatic carbocycles. The zero-order valence-electron chi connectivity index (χ0n) is 9.63. The lowest BCUT2D eigenvalue weighted by molar-refractivity contribution is -0.158. The second-order valence-corrected chi connectivity index (χ2v) is 4.63. The molecule has 2 aliphatic rings. The number of carboxylic acids is 1. The number of anilines is 1. The standard InChI is InChI=1S/C11H13N5O2/c17-9(18)10(3-1-4-10)11(5-2-6-12-11)14-8-7-13-16-15-8/h2,5-7H,1,3-4H2,(H,17,18)(H2,13,14,15,16). The molecule has 0 saturated heterocycles. The van der Waals surface area contributed by atoms with E-state index in [-0.39, 0.29) is 0 Å². The van der Waals surface area contributed by atoms with E-state index in [0.717, 1.165) is 6.42 Å². The van der Waals surface area contributed by atoms with Crippen LogP contribution in [0.25, 0.3) is 0 Å². The Kier molecular flexibility index (Phi) is 2.22. The van der Waals surface area contributed by atoms with Gasteiger partial charge in [-0.3, -0.25) is 14.9 Å². The molecule has 1 aromatic heterocycles. The van der Waals surface area contributed by atoms with Crippen molar-refractivity contribution in [1.82, 2.24) is 15.4 Å². The van der Waals surface area contributed by atoms with E-state index in [1.807, 2.05) is 0 Å². The van der Waals surface area contributed by atoms with Crippen LogP contribution in [-0.4, -0.2) is 38.4 Å². The van der Waals surface area contributed by atoms with Gasteiger partial charge in [-0.15, -0.1) is 5.10 Å². The Morgan fingerprint density at radius 2 is 2.33 bits per heavy atom. The predicted octanol–water partition coefficient (Wildman–Crippen LogP) is 0.808. The summed E-state index contributed by atoms with van der Waals surface area (Å²) in [6, 6.07) is 0. The first-order chi connectivity index (χ1) is 8.69. The number of rotatable bonds is 4. The number of carboxylic acid groups (broad SMARTS) is 1. The normalized spacial score (nSPS) is 28.0. The van der Waals surface area contributed by atoms with Crippen molar-refractivity contribution in [3.63, 3.8) is 0 Å². The molecule has 1 aliphatic carbocycles. The third kappa shape index (κ3) is 1.30. The summed E-state index contributed by atoms with van der Waals surface area (Å²) in [5.41, 5.74) is -1.84. The van der Waals surface area contributed by atoms with Gasteiger partial charge in [0.15, 0.2) is 11.5 Å². The predicted molar refractivity (Wildman–Crippen MR) is 64.3 cm³/mol. The third-order valence-electron chi connectivity index (χ3n) is 3.78. The van der Waals surface area contributed by atoms with Crippen molar-refractivity contribution in [3.8, 4) is 0 Å². The molecule has 0 amide bonds. The van der Waals surface area contributed by atoms with Crippen LogP contribution in [0.1, 0.15) is 19.3 Å². The quantitative estimate of drug-likeness (QED) is 0.730. The minimum absolute atomic E-state index is 0.492. The van der Waals surface area contributed by atoms with Crippen molar-refractivity contribution in [2.75, 3.05) is 5.32 Å². The molecular formula is C11H13N5O2. The molecule has 0 radical (unpaired) electrons. The number of aliphatic carboxylic acids is 1. The molecule has 3 N–H and O–H groups in total. The van der Waals surface area contributed by atoms with Crippen LogP contribution in [0, 0.1) is 5.41 Å². The molecule has 2 heterocycles. The molecule has 1 saturated carbocycles. The zero-order valence-corrected chi connectivity index (χ0v) is 9.63. The number of allylic oxidation sites excluding steroid dienone is 1. The van der Waals surface area contributed by atoms with Gasteiger partial charge in [0.1, 0.15) is 5.41 Å². The van der Waals surface area contributed by atoms with Gasteiger partial charge in [-0.1, -0.05) is 11.6 Å². The first kappa shape index (κ1) is 10.9. The van der Waals surface area contributed by atoms with Gasteiger partial charge in [-0.05, 0) is 25.0 Å². The number of aromatic nitrogens is 3. The smallest absolute Gasteiger partial charge is 0.314 e. The van der Waals surface area contributed by atoms with Crippen LogP contribution in [0.2, 0.25) is 0 Å². The molecule has 1 unspecified atom stereocenters. The fourth-order valence-electron chi connectivity index (χ4n) is 2.61. The van der Waals surface area contributed by atoms with Crippen LogP contribution in [0.3, 0.4) is 0 Å². The number of carbonyl (C=O) groups is 1. The van der Waals surface area contributed by atoms with E-state index in [0.29, 0.717) is 18.7 Å². The lowest BCUT2D eigenvalue weighted by atomic mass is 9.60. The van der Waals surface area contributed by atoms with E-state index >= 15 is 0 Å². The monoisotopic (exact) mass is 247 g/mol. The van der Waals surface area contributed by atoms with Crippen molar-refractivity contribution < 1.29 is 9.90 Å². The molecule has 94 valence electrons. The summed E-state index contributed by atoms with van der Waals surface area (Å²) in [4.78, 5) is 16.0. The van der Waals surface area contributed by atoms with Crippen LogP contribution in [0.15, 0.2) is 23.3 Å². The Morgan fingerprint density at radius 1 is 1.50 bits per heavy atom. The second kappa shape index (κ2) is 3.66. The largest absolute Gasteiger partial charge is 0.481 e. The maximum atomic E-state index is 11.6. The van der Waals surface area contributed by atoms with E-state index in [1.54, 1.807) is 24.6 Å². The van der Waals surface area contributed by atoms with E-state index in [4.69, 9.17) is 0 Å². The highest BCUT2D eigenvalue weighted by Crippen LogP contribution is 2.52. The summed E-state index contributed by atoms with van der Waals surface area (Å²) in [6.07, 6.45) is 8.86. The van der Waals surface area contributed by atoms with Crippen LogP contribution in [-0.2, 0) is 4.79 Å². The van der Waals surface area contributed by atoms with Crippen molar-refractivity contribution in [2.24, 2.45) is 10.4 Å². The first-order valence-corrected chi connectivity index (χ1v) is 5.80. The number of aromatic amines is 1. The Balaban J connectivity index is 1.99. The van der Waals surface area contributed by atoms with E-state index in [9.17, 15) is 9.90 Å². The van der Waals surface area contributed by atoms with Crippen LogP contribution >= 0.6 is 0 Å². The van der Waals surface area contributed by atoms with E-state index < -0.39 is 17.0 Å². The van der Waals surface area contributed by atoms with Crippen LogP contribution in [0.5, 0.6) is 0 Å². The van der Waals surface area contributed by atoms with Gasteiger partial charge in [-0.25, -0.2) is 0 Å². The molecule has 1 atom stereocenters. The molecule has 1 aromatic rings. The van der Waals surface area contributed by atoms with Crippen molar-refractivity contribution in [2.45, 2.75) is 24.9 Å². The average molecular weight is 247 g/mol. The topological polar surface area (TPSA) is 103 Å². The van der Waals surface area contributed by atoms with Crippen LogP contribution < -0.4 is 5.32 Å². The van der Waals surface area contributed by atoms with Crippen molar-refractivity contribution in [3.05, 3.63) is 18.3 Å². The molecule has 1 fully saturated rings. The average Bonchev–Trinajstić information content (AvgIpc) is 2.88. The Hall–Kier alpha value is -2.18. The van der Waals surface area contributed by atoms with Crippen molar-refractivity contribution >= 4 is 18.0 Å². The lowest BCUT2D eigenvalue weighted by Gasteiger charge is -2.48. The fraction of sp³-hybridized carbons (Fsp3) is 0.455. The second-order valence-electron chi connectivity index (χ2n) is 4.63. The molecule has 7 nitrogen and oxygen atoms in total. The Labute approximate surface area is 103 Å². The maximum Gasteiger partial charge on any atom is 0.314 e. The highest BCUT2D eigenvalue weighted by molar-refractivity contribution is 5.84. The van der Waals surface area contributed by atoms with Gasteiger partial charge in [0, 0.05) is 6.21 Å². The van der Waals surface area contributed by atoms with Gasteiger partial charge in [0.25, 0.3) is 0 Å². The summed E-state index contributed by atoms with van der Waals surface area (Å²) in [5, 5.41) is 22.7. The minimum Gasteiger partial charge on any atom is -0.481 e. The molecule has 18 heavy (non-hydrogen) atoms. The van der Waals surface area contributed by atoms with Gasteiger partial charge in [0.05, 0.1) is 6.20 Å². The number of nitrogens with one attached hydrogen (secondary N) is 2. The minimum atomic E-state index is -0.950. The first-order valence-electron chi connectivity index (χ1n) is 5.80. The van der Waals surface area contributed by atoms with Gasteiger partial charge in [0.2, 0.25) is 0 Å². The summed E-state index contributed by atoms with van der Waals surface area (Å²) in [5.74, 6) is -0.334. The zero-order chi connectivity index (χ0) is 12.6. The lowest BCUT2D eigenvalue weighted by Crippen LogP contribution is -2.59. The van der Waals surface area contributed by atoms with Gasteiger partial charge >= 0.3 is 5.97 Å². The number of H-pyrrole nitrogens is 1. The van der Waals surface area contributed by atoms with Crippen LogP contribution in [0.4, 0.5) is 5.82 Å². The molecule has 7 heteroatoms. The highest BCUT2D eigenvalue weighted by atomic mass is 16.4. The maximum absolute atomic E-state index is 11.6. The van der Waals surface area contributed by atoms with Gasteiger partial charge < -0.3 is 10.4 Å². The number of hydrogen-bond donors (Lipinski definition) is 3.